The van der Waals surface area contributed by atoms with Crippen molar-refractivity contribution < 1.29 is 9.53 Å². The zero-order chi connectivity index (χ0) is 18.6. The van der Waals surface area contributed by atoms with Gasteiger partial charge in [-0.3, -0.25) is 4.79 Å². The predicted molar refractivity (Wildman–Crippen MR) is 102 cm³/mol. The van der Waals surface area contributed by atoms with Crippen LogP contribution in [0.2, 0.25) is 0 Å². The molecule has 0 aliphatic rings. The second kappa shape index (κ2) is 7.08. The highest BCUT2D eigenvalue weighted by Crippen LogP contribution is 2.21. The van der Waals surface area contributed by atoms with Gasteiger partial charge in [-0.1, -0.05) is 18.2 Å². The van der Waals surface area contributed by atoms with Crippen molar-refractivity contribution in [1.82, 2.24) is 20.2 Å². The number of hydrogen-bond acceptors (Lipinski definition) is 7. The van der Waals surface area contributed by atoms with E-state index in [0.717, 1.165) is 16.5 Å². The van der Waals surface area contributed by atoms with E-state index in [2.05, 4.69) is 30.7 Å². The number of benzene rings is 2. The van der Waals surface area contributed by atoms with E-state index < -0.39 is 5.91 Å². The van der Waals surface area contributed by atoms with Crippen molar-refractivity contribution in [2.45, 2.75) is 0 Å². The number of nitrogens with zero attached hydrogens (tertiary/aromatic N) is 4. The van der Waals surface area contributed by atoms with E-state index in [1.807, 2.05) is 24.3 Å². The third kappa shape index (κ3) is 3.66. The second-order valence-corrected chi connectivity index (χ2v) is 5.70. The molecule has 0 atom stereocenters. The number of aromatic nitrogens is 4. The minimum Gasteiger partial charge on any atom is -0.484 e. The summed E-state index contributed by atoms with van der Waals surface area (Å²) in [6, 6.07) is 14.8. The summed E-state index contributed by atoms with van der Waals surface area (Å²) in [5.74, 6) is 0.313. The quantitative estimate of drug-likeness (QED) is 0.354. The van der Waals surface area contributed by atoms with Crippen LogP contribution in [0.3, 0.4) is 0 Å². The number of amides is 1. The Morgan fingerprint density at radius 3 is 2.81 bits per heavy atom. The highest BCUT2D eigenvalue weighted by molar-refractivity contribution is 6.03. The summed E-state index contributed by atoms with van der Waals surface area (Å²) in [6.07, 6.45) is 1.61. The number of rotatable bonds is 6. The van der Waals surface area contributed by atoms with E-state index in [0.29, 0.717) is 16.9 Å². The molecule has 0 radical (unpaired) electrons. The molecule has 0 spiro atoms. The fraction of sp³-hybridized carbons (Fsp3) is 0.0556. The number of carbonyl (C=O) groups is 1. The number of nitrogens with two attached hydrogens (primary N) is 1. The van der Waals surface area contributed by atoms with Crippen LogP contribution in [0, 0.1) is 0 Å². The Morgan fingerprint density at radius 1 is 1.19 bits per heavy atom. The maximum absolute atomic E-state index is 10.7. The molecule has 0 saturated heterocycles. The Morgan fingerprint density at radius 2 is 2.00 bits per heavy atom. The predicted octanol–water partition coefficient (Wildman–Crippen LogP) is 1.82. The standard InChI is InChI=1S/C18H15N7O2/c19-15(26)10-27-12-7-5-11(6-8-12)9-20-24-18-22-17-16(23-25-18)13-3-1-2-4-14(13)21-17/h1-9H,10H2,(H2,19,26)(H2,21,22,24,25)/b20-9+. The summed E-state index contributed by atoms with van der Waals surface area (Å²) < 4.78 is 5.20. The van der Waals surface area contributed by atoms with Gasteiger partial charge in [0.05, 0.1) is 6.21 Å². The number of aromatic amines is 1. The highest BCUT2D eigenvalue weighted by atomic mass is 16.5. The van der Waals surface area contributed by atoms with Crippen LogP contribution >= 0.6 is 0 Å². The molecule has 9 nitrogen and oxygen atoms in total. The molecule has 0 fully saturated rings. The van der Waals surface area contributed by atoms with Gasteiger partial charge in [0, 0.05) is 10.9 Å². The Balaban J connectivity index is 1.44. The van der Waals surface area contributed by atoms with Crippen LogP contribution in [-0.2, 0) is 4.79 Å². The minimum absolute atomic E-state index is 0.157. The van der Waals surface area contributed by atoms with Crippen molar-refractivity contribution in [3.05, 3.63) is 54.1 Å². The maximum atomic E-state index is 10.7. The largest absolute Gasteiger partial charge is 0.484 e. The fourth-order valence-corrected chi connectivity index (χ4v) is 2.54. The molecule has 4 aromatic rings. The molecule has 0 aliphatic carbocycles. The summed E-state index contributed by atoms with van der Waals surface area (Å²) in [5, 5.41) is 13.3. The van der Waals surface area contributed by atoms with Gasteiger partial charge in [-0.2, -0.15) is 10.1 Å². The number of H-pyrrole nitrogens is 1. The van der Waals surface area contributed by atoms with E-state index >= 15 is 0 Å². The first kappa shape index (κ1) is 16.5. The van der Waals surface area contributed by atoms with Crippen molar-refractivity contribution in [2.75, 3.05) is 12.0 Å². The Bertz CT molecular complexity index is 1140. The van der Waals surface area contributed by atoms with Crippen molar-refractivity contribution in [2.24, 2.45) is 10.8 Å². The minimum atomic E-state index is -0.523. The summed E-state index contributed by atoms with van der Waals surface area (Å²) in [6.45, 7) is -0.157. The van der Waals surface area contributed by atoms with Gasteiger partial charge >= 0.3 is 0 Å². The van der Waals surface area contributed by atoms with Crippen molar-refractivity contribution >= 4 is 40.1 Å². The lowest BCUT2D eigenvalue weighted by Gasteiger charge is -2.03. The van der Waals surface area contributed by atoms with Gasteiger partial charge in [0.15, 0.2) is 12.3 Å². The molecule has 27 heavy (non-hydrogen) atoms. The average molecular weight is 361 g/mol. The van der Waals surface area contributed by atoms with E-state index in [1.54, 1.807) is 30.5 Å². The van der Waals surface area contributed by atoms with Crippen LogP contribution in [0.25, 0.3) is 22.1 Å². The third-order valence-corrected chi connectivity index (χ3v) is 3.76. The number of anilines is 1. The smallest absolute Gasteiger partial charge is 0.265 e. The van der Waals surface area contributed by atoms with E-state index in [1.165, 1.54) is 0 Å². The molecule has 2 heterocycles. The molecule has 0 bridgehead atoms. The number of fused-ring (bicyclic) bond motifs is 3. The van der Waals surface area contributed by atoms with E-state index in [9.17, 15) is 4.79 Å². The zero-order valence-electron chi connectivity index (χ0n) is 14.1. The topological polar surface area (TPSA) is 131 Å². The number of ether oxygens (including phenoxy) is 1. The number of para-hydroxylation sites is 1. The molecule has 9 heteroatoms. The van der Waals surface area contributed by atoms with Crippen molar-refractivity contribution in [3.63, 3.8) is 0 Å². The van der Waals surface area contributed by atoms with Gasteiger partial charge in [-0.05, 0) is 35.9 Å². The second-order valence-electron chi connectivity index (χ2n) is 5.70. The zero-order valence-corrected chi connectivity index (χ0v) is 14.1. The van der Waals surface area contributed by atoms with Gasteiger partial charge in [0.25, 0.3) is 11.9 Å². The van der Waals surface area contributed by atoms with Crippen molar-refractivity contribution in [1.29, 1.82) is 0 Å². The number of carbonyl (C=O) groups excluding carboxylic acids is 1. The van der Waals surface area contributed by atoms with Crippen LogP contribution < -0.4 is 15.9 Å². The number of hydrogen-bond donors (Lipinski definition) is 3. The third-order valence-electron chi connectivity index (χ3n) is 3.76. The number of hydrazone groups is 1. The van der Waals surface area contributed by atoms with Crippen LogP contribution in [0.15, 0.2) is 53.6 Å². The molecule has 4 rings (SSSR count). The van der Waals surface area contributed by atoms with Gasteiger partial charge in [0.2, 0.25) is 0 Å². The van der Waals surface area contributed by atoms with E-state index in [-0.39, 0.29) is 12.6 Å². The van der Waals surface area contributed by atoms with Crippen LogP contribution in [-0.4, -0.2) is 38.9 Å². The molecular formula is C18H15N7O2. The molecule has 4 N–H and O–H groups in total. The highest BCUT2D eigenvalue weighted by Gasteiger charge is 2.07. The summed E-state index contributed by atoms with van der Waals surface area (Å²) in [7, 11) is 0. The van der Waals surface area contributed by atoms with Crippen molar-refractivity contribution in [3.8, 4) is 5.75 Å². The summed E-state index contributed by atoms with van der Waals surface area (Å²) in [5.41, 5.74) is 10.9. The first-order chi connectivity index (χ1) is 13.2. The summed E-state index contributed by atoms with van der Waals surface area (Å²) in [4.78, 5) is 18.3. The molecular weight excluding hydrogens is 346 g/mol. The SMILES string of the molecule is NC(=O)COc1ccc(/C=N/Nc2nnc3c(n2)[nH]c2ccccc23)cc1. The molecule has 0 unspecified atom stereocenters. The summed E-state index contributed by atoms with van der Waals surface area (Å²) >= 11 is 0. The lowest BCUT2D eigenvalue weighted by Crippen LogP contribution is -2.19. The van der Waals surface area contributed by atoms with Crippen LogP contribution in [0.1, 0.15) is 5.56 Å². The first-order valence-electron chi connectivity index (χ1n) is 8.10. The normalized spacial score (nSPS) is 11.3. The Hall–Kier alpha value is -4.01. The van der Waals surface area contributed by atoms with Crippen LogP contribution in [0.5, 0.6) is 5.75 Å². The lowest BCUT2D eigenvalue weighted by molar-refractivity contribution is -0.119. The molecule has 1 amide bonds. The van der Waals surface area contributed by atoms with Gasteiger partial charge in [-0.25, -0.2) is 5.43 Å². The molecule has 0 saturated carbocycles. The first-order valence-corrected chi connectivity index (χ1v) is 8.10. The lowest BCUT2D eigenvalue weighted by atomic mass is 10.2. The van der Waals surface area contributed by atoms with Gasteiger partial charge in [-0.15, -0.1) is 10.2 Å². The van der Waals surface area contributed by atoms with Crippen LogP contribution in [0.4, 0.5) is 5.95 Å². The fourth-order valence-electron chi connectivity index (χ4n) is 2.54. The number of primary amides is 1. The molecule has 134 valence electrons. The van der Waals surface area contributed by atoms with Gasteiger partial charge in [0.1, 0.15) is 11.3 Å². The Kier molecular flexibility index (Phi) is 4.32. The number of nitrogens with one attached hydrogen (secondary N) is 2. The van der Waals surface area contributed by atoms with Gasteiger partial charge < -0.3 is 15.5 Å². The maximum Gasteiger partial charge on any atom is 0.265 e. The monoisotopic (exact) mass is 361 g/mol. The van der Waals surface area contributed by atoms with E-state index in [4.69, 9.17) is 10.5 Å². The molecule has 0 aliphatic heterocycles. The average Bonchev–Trinajstić information content (AvgIpc) is 3.05. The Labute approximate surface area is 153 Å². The molecule has 2 aromatic carbocycles. The molecule has 2 aromatic heterocycles.